The Labute approximate surface area is 95.6 Å². The molecule has 3 heterocycles. The molecule has 0 aromatic carbocycles. The normalized spacial score (nSPS) is 11.3. The fraction of sp³-hybridized carbons (Fsp3) is 0.200. The van der Waals surface area contributed by atoms with Crippen LogP contribution in [-0.4, -0.2) is 20.9 Å². The Balaban J connectivity index is 2.05. The third-order valence-corrected chi connectivity index (χ3v) is 3.23. The lowest BCUT2D eigenvalue weighted by molar-refractivity contribution is 0.596. The molecular formula is C10H10N4OS. The van der Waals surface area contributed by atoms with Crippen LogP contribution in [-0.2, 0) is 6.42 Å². The van der Waals surface area contributed by atoms with Crippen LogP contribution < -0.4 is 5.73 Å². The summed E-state index contributed by atoms with van der Waals surface area (Å²) >= 11 is 1.60. The molecule has 0 unspecified atom stereocenters. The maximum absolute atomic E-state index is 5.49. The lowest BCUT2D eigenvalue weighted by Crippen LogP contribution is -2.02. The SMILES string of the molecule is NCCc1csc(-c2cnc3occn23)n1. The average Bonchev–Trinajstić information content (AvgIpc) is 2.90. The van der Waals surface area contributed by atoms with Crippen LogP contribution in [0.2, 0.25) is 0 Å². The zero-order valence-electron chi connectivity index (χ0n) is 8.46. The molecule has 5 nitrogen and oxygen atoms in total. The first-order valence-corrected chi connectivity index (χ1v) is 5.82. The highest BCUT2D eigenvalue weighted by Gasteiger charge is 2.11. The zero-order valence-corrected chi connectivity index (χ0v) is 9.28. The van der Waals surface area contributed by atoms with Crippen LogP contribution in [0.3, 0.4) is 0 Å². The van der Waals surface area contributed by atoms with Gasteiger partial charge in [0.1, 0.15) is 17.0 Å². The Hall–Kier alpha value is -1.66. The second-order valence-electron chi connectivity index (χ2n) is 3.38. The minimum atomic E-state index is 0.588. The summed E-state index contributed by atoms with van der Waals surface area (Å²) in [6.07, 6.45) is 6.02. The van der Waals surface area contributed by atoms with Gasteiger partial charge in [0.2, 0.25) is 0 Å². The number of thiazole rings is 1. The molecule has 0 aliphatic heterocycles. The first kappa shape index (κ1) is 9.56. The van der Waals surface area contributed by atoms with Crippen molar-refractivity contribution < 1.29 is 4.42 Å². The number of nitrogens with two attached hydrogens (primary N) is 1. The highest BCUT2D eigenvalue weighted by molar-refractivity contribution is 7.13. The van der Waals surface area contributed by atoms with Gasteiger partial charge < -0.3 is 10.2 Å². The Kier molecular flexibility index (Phi) is 2.23. The molecule has 82 valence electrons. The van der Waals surface area contributed by atoms with Crippen LogP contribution in [0.4, 0.5) is 0 Å². The maximum atomic E-state index is 5.49. The molecule has 0 saturated heterocycles. The lowest BCUT2D eigenvalue weighted by atomic mass is 10.3. The van der Waals surface area contributed by atoms with Crippen LogP contribution in [0.15, 0.2) is 28.5 Å². The van der Waals surface area contributed by atoms with Crippen molar-refractivity contribution in [3.63, 3.8) is 0 Å². The third kappa shape index (κ3) is 1.43. The van der Waals surface area contributed by atoms with Crippen LogP contribution in [0.1, 0.15) is 5.69 Å². The monoisotopic (exact) mass is 234 g/mol. The van der Waals surface area contributed by atoms with Crippen LogP contribution in [0, 0.1) is 0 Å². The number of imidazole rings is 1. The Bertz CT molecular complexity index is 609. The number of hydrogen-bond acceptors (Lipinski definition) is 5. The average molecular weight is 234 g/mol. The van der Waals surface area contributed by atoms with Gasteiger partial charge in [0.05, 0.1) is 11.9 Å². The first-order chi connectivity index (χ1) is 7.88. The quantitative estimate of drug-likeness (QED) is 0.746. The van der Waals surface area contributed by atoms with Crippen LogP contribution in [0.5, 0.6) is 0 Å². The van der Waals surface area contributed by atoms with E-state index < -0.39 is 0 Å². The van der Waals surface area contributed by atoms with E-state index in [-0.39, 0.29) is 0 Å². The molecule has 0 spiro atoms. The molecule has 0 fully saturated rings. The van der Waals surface area contributed by atoms with Crippen LogP contribution in [0.25, 0.3) is 16.5 Å². The van der Waals surface area contributed by atoms with E-state index in [1.807, 2.05) is 16.0 Å². The van der Waals surface area contributed by atoms with Gasteiger partial charge in [-0.2, -0.15) is 0 Å². The summed E-state index contributed by atoms with van der Waals surface area (Å²) in [5, 5.41) is 2.97. The topological polar surface area (TPSA) is 69.3 Å². The van der Waals surface area contributed by atoms with E-state index >= 15 is 0 Å². The van der Waals surface area contributed by atoms with Crippen molar-refractivity contribution in [2.75, 3.05) is 6.54 Å². The van der Waals surface area contributed by atoms with Crippen molar-refractivity contribution in [2.45, 2.75) is 6.42 Å². The number of fused-ring (bicyclic) bond motifs is 1. The van der Waals surface area contributed by atoms with Crippen molar-refractivity contribution in [2.24, 2.45) is 5.73 Å². The van der Waals surface area contributed by atoms with E-state index in [0.29, 0.717) is 12.4 Å². The summed E-state index contributed by atoms with van der Waals surface area (Å²) in [6, 6.07) is 0. The van der Waals surface area contributed by atoms with Crippen molar-refractivity contribution in [3.05, 3.63) is 29.7 Å². The van der Waals surface area contributed by atoms with Gasteiger partial charge in [0.25, 0.3) is 0 Å². The number of aromatic nitrogens is 3. The van der Waals surface area contributed by atoms with E-state index in [1.165, 1.54) is 0 Å². The molecule has 2 N–H and O–H groups in total. The van der Waals surface area contributed by atoms with Crippen molar-refractivity contribution in [3.8, 4) is 10.7 Å². The molecule has 0 radical (unpaired) electrons. The van der Waals surface area contributed by atoms with Crippen molar-refractivity contribution in [1.82, 2.24) is 14.4 Å². The Morgan fingerprint density at radius 3 is 3.31 bits per heavy atom. The van der Waals surface area contributed by atoms with E-state index in [9.17, 15) is 0 Å². The van der Waals surface area contributed by atoms with Gasteiger partial charge in [0, 0.05) is 18.0 Å². The number of nitrogens with zero attached hydrogens (tertiary/aromatic N) is 3. The van der Waals surface area contributed by atoms with Gasteiger partial charge in [-0.1, -0.05) is 0 Å². The lowest BCUT2D eigenvalue weighted by Gasteiger charge is -1.91. The molecule has 0 aliphatic rings. The van der Waals surface area contributed by atoms with Gasteiger partial charge in [-0.15, -0.1) is 11.3 Å². The van der Waals surface area contributed by atoms with Crippen molar-refractivity contribution >= 4 is 17.2 Å². The van der Waals surface area contributed by atoms with E-state index in [4.69, 9.17) is 10.2 Å². The third-order valence-electron chi connectivity index (χ3n) is 2.32. The van der Waals surface area contributed by atoms with E-state index in [0.717, 1.165) is 22.8 Å². The van der Waals surface area contributed by atoms with Gasteiger partial charge in [-0.25, -0.2) is 9.97 Å². The molecule has 3 aromatic rings. The highest BCUT2D eigenvalue weighted by Crippen LogP contribution is 2.24. The fourth-order valence-electron chi connectivity index (χ4n) is 1.57. The number of oxazole rings is 1. The van der Waals surface area contributed by atoms with Crippen molar-refractivity contribution in [1.29, 1.82) is 0 Å². The fourth-order valence-corrected chi connectivity index (χ4v) is 2.43. The molecule has 6 heteroatoms. The first-order valence-electron chi connectivity index (χ1n) is 4.94. The number of rotatable bonds is 3. The zero-order chi connectivity index (χ0) is 11.0. The molecule has 0 aliphatic carbocycles. The second-order valence-corrected chi connectivity index (χ2v) is 4.24. The van der Waals surface area contributed by atoms with E-state index in [1.54, 1.807) is 23.8 Å². The standard InChI is InChI=1S/C10H10N4OS/c11-2-1-7-6-16-9(13-7)8-5-12-10-14(8)3-4-15-10/h3-6H,1-2,11H2. The van der Waals surface area contributed by atoms with E-state index in [2.05, 4.69) is 9.97 Å². The van der Waals surface area contributed by atoms with Crippen LogP contribution >= 0.6 is 11.3 Å². The molecule has 16 heavy (non-hydrogen) atoms. The minimum Gasteiger partial charge on any atom is -0.432 e. The molecule has 0 amide bonds. The molecule has 3 rings (SSSR count). The molecule has 0 bridgehead atoms. The maximum Gasteiger partial charge on any atom is 0.306 e. The summed E-state index contributed by atoms with van der Waals surface area (Å²) in [5.41, 5.74) is 7.48. The molecule has 0 atom stereocenters. The molecule has 0 saturated carbocycles. The largest absolute Gasteiger partial charge is 0.432 e. The van der Waals surface area contributed by atoms with Gasteiger partial charge in [-0.05, 0) is 6.54 Å². The van der Waals surface area contributed by atoms with Gasteiger partial charge >= 0.3 is 5.84 Å². The minimum absolute atomic E-state index is 0.588. The predicted molar refractivity (Wildman–Crippen MR) is 61.3 cm³/mol. The van der Waals surface area contributed by atoms with Gasteiger partial charge in [0.15, 0.2) is 0 Å². The second kappa shape index (κ2) is 3.73. The molecule has 3 aromatic heterocycles. The number of hydrogen-bond donors (Lipinski definition) is 1. The summed E-state index contributed by atoms with van der Waals surface area (Å²) < 4.78 is 7.06. The Morgan fingerprint density at radius 1 is 1.50 bits per heavy atom. The molecular weight excluding hydrogens is 224 g/mol. The highest BCUT2D eigenvalue weighted by atomic mass is 32.1. The predicted octanol–water partition coefficient (Wildman–Crippen LogP) is 1.55. The summed E-state index contributed by atoms with van der Waals surface area (Å²) in [6.45, 7) is 0.622. The summed E-state index contributed by atoms with van der Waals surface area (Å²) in [7, 11) is 0. The smallest absolute Gasteiger partial charge is 0.306 e. The summed E-state index contributed by atoms with van der Waals surface area (Å²) in [5.74, 6) is 0.588. The Morgan fingerprint density at radius 2 is 2.44 bits per heavy atom. The summed E-state index contributed by atoms with van der Waals surface area (Å²) in [4.78, 5) is 8.66. The van der Waals surface area contributed by atoms with Gasteiger partial charge in [-0.3, -0.25) is 4.40 Å².